The van der Waals surface area contributed by atoms with E-state index in [0.717, 1.165) is 44.6 Å². The predicted octanol–water partition coefficient (Wildman–Crippen LogP) is 3.08. The molecule has 8 heteroatoms. The molecule has 0 radical (unpaired) electrons. The van der Waals surface area contributed by atoms with Crippen LogP contribution in [0, 0.1) is 0 Å². The molecule has 1 aromatic carbocycles. The van der Waals surface area contributed by atoms with Crippen LogP contribution < -0.4 is 5.32 Å². The molecule has 0 spiro atoms. The summed E-state index contributed by atoms with van der Waals surface area (Å²) in [5, 5.41) is 13.9. The Bertz CT molecular complexity index is 857. The van der Waals surface area contributed by atoms with Gasteiger partial charge in [0.2, 0.25) is 11.8 Å². The van der Waals surface area contributed by atoms with E-state index >= 15 is 0 Å². The van der Waals surface area contributed by atoms with Crippen molar-refractivity contribution < 1.29 is 14.7 Å². The van der Waals surface area contributed by atoms with Crippen molar-refractivity contribution in [3.63, 3.8) is 0 Å². The quantitative estimate of drug-likeness (QED) is 0.502. The van der Waals surface area contributed by atoms with Crippen molar-refractivity contribution in [3.05, 3.63) is 35.4 Å². The van der Waals surface area contributed by atoms with Crippen LogP contribution in [0.3, 0.4) is 0 Å². The highest BCUT2D eigenvalue weighted by Gasteiger charge is 2.41. The maximum atomic E-state index is 12.7. The van der Waals surface area contributed by atoms with E-state index in [1.165, 1.54) is 6.08 Å². The van der Waals surface area contributed by atoms with Gasteiger partial charge < -0.3 is 20.2 Å². The Morgan fingerprint density at radius 3 is 2.38 bits per heavy atom. The van der Waals surface area contributed by atoms with Crippen LogP contribution in [-0.2, 0) is 15.0 Å². The van der Waals surface area contributed by atoms with Crippen molar-refractivity contribution in [2.24, 2.45) is 0 Å². The Hall–Kier alpha value is -2.25. The second kappa shape index (κ2) is 10.1. The van der Waals surface area contributed by atoms with Gasteiger partial charge in [-0.15, -0.1) is 0 Å². The summed E-state index contributed by atoms with van der Waals surface area (Å²) in [6.07, 6.45) is 3.52. The number of carbonyl (C=O) groups excluding carboxylic acids is 2. The highest BCUT2D eigenvalue weighted by molar-refractivity contribution is 6.31. The standard InChI is InChI=1S/C22H29ClN4O3.C2H6/c1-3-20(29)27-13-15(14-27)25-6-8-26(9-7-25)21(30)12-24-18-10-16(22(2)4-5-22)17(23)11-19(18)28;1-2/h3,10-11,15,24,28H,1,4-9,12-14H2,2H3;1-2H3. The summed E-state index contributed by atoms with van der Waals surface area (Å²) < 4.78 is 0. The summed E-state index contributed by atoms with van der Waals surface area (Å²) in [7, 11) is 0. The molecule has 2 aliphatic heterocycles. The van der Waals surface area contributed by atoms with Crippen molar-refractivity contribution >= 4 is 29.1 Å². The van der Waals surface area contributed by atoms with Crippen LogP contribution in [0.5, 0.6) is 5.75 Å². The lowest BCUT2D eigenvalue weighted by atomic mass is 9.97. The topological polar surface area (TPSA) is 76.1 Å². The molecular weight excluding hydrogens is 428 g/mol. The maximum absolute atomic E-state index is 12.7. The van der Waals surface area contributed by atoms with Crippen LogP contribution in [-0.4, -0.2) is 83.5 Å². The molecule has 3 fully saturated rings. The first-order chi connectivity index (χ1) is 15.3. The molecule has 2 amide bonds. The van der Waals surface area contributed by atoms with E-state index in [4.69, 9.17) is 11.6 Å². The summed E-state index contributed by atoms with van der Waals surface area (Å²) in [6, 6.07) is 3.81. The number of piperazine rings is 1. The van der Waals surface area contributed by atoms with Crippen molar-refractivity contribution in [1.29, 1.82) is 0 Å². The van der Waals surface area contributed by atoms with Gasteiger partial charge in [-0.2, -0.15) is 0 Å². The summed E-state index contributed by atoms with van der Waals surface area (Å²) in [5.41, 5.74) is 1.65. The Kier molecular flexibility index (Phi) is 7.72. The van der Waals surface area contributed by atoms with Gasteiger partial charge in [0, 0.05) is 56.4 Å². The number of rotatable bonds is 6. The molecule has 0 unspecified atom stereocenters. The Morgan fingerprint density at radius 2 is 1.81 bits per heavy atom. The number of anilines is 1. The number of carbonyl (C=O) groups is 2. The van der Waals surface area contributed by atoms with Gasteiger partial charge in [-0.3, -0.25) is 14.5 Å². The van der Waals surface area contributed by atoms with Gasteiger partial charge in [0.15, 0.2) is 0 Å². The highest BCUT2D eigenvalue weighted by atomic mass is 35.5. The normalized spacial score (nSPS) is 20.0. The number of hydrogen-bond donors (Lipinski definition) is 2. The zero-order chi connectivity index (χ0) is 23.5. The molecule has 32 heavy (non-hydrogen) atoms. The number of hydrogen-bond acceptors (Lipinski definition) is 5. The molecule has 0 atom stereocenters. The van der Waals surface area contributed by atoms with Crippen LogP contribution in [0.2, 0.25) is 5.02 Å². The molecule has 1 saturated carbocycles. The third-order valence-electron chi connectivity index (χ3n) is 6.70. The molecule has 3 aliphatic rings. The van der Waals surface area contributed by atoms with Crippen LogP contribution in [0.4, 0.5) is 5.69 Å². The average molecular weight is 463 g/mol. The summed E-state index contributed by atoms with van der Waals surface area (Å²) >= 11 is 6.31. The monoisotopic (exact) mass is 462 g/mol. The lowest BCUT2D eigenvalue weighted by Crippen LogP contribution is -2.64. The molecule has 7 nitrogen and oxygen atoms in total. The SMILES string of the molecule is C=CC(=O)N1CC(N2CCN(C(=O)CNc3cc(C4(C)CC4)c(Cl)cc3O)CC2)C1.CC. The largest absolute Gasteiger partial charge is 0.506 e. The fourth-order valence-corrected chi connectivity index (χ4v) is 4.62. The molecule has 4 rings (SSSR count). The number of likely N-dealkylation sites (tertiary alicyclic amines) is 1. The minimum absolute atomic E-state index is 0.0141. The molecule has 176 valence electrons. The molecule has 2 saturated heterocycles. The first kappa shape index (κ1) is 24.4. The Balaban J connectivity index is 0.00000141. The molecule has 2 N–H and O–H groups in total. The van der Waals surface area contributed by atoms with Gasteiger partial charge in [0.05, 0.1) is 12.2 Å². The maximum Gasteiger partial charge on any atom is 0.246 e. The van der Waals surface area contributed by atoms with Crippen molar-refractivity contribution in [1.82, 2.24) is 14.7 Å². The lowest BCUT2D eigenvalue weighted by Gasteiger charge is -2.47. The Morgan fingerprint density at radius 1 is 1.19 bits per heavy atom. The van der Waals surface area contributed by atoms with Crippen molar-refractivity contribution in [3.8, 4) is 5.75 Å². The second-order valence-electron chi connectivity index (χ2n) is 8.78. The molecule has 0 bridgehead atoms. The van der Waals surface area contributed by atoms with E-state index in [0.29, 0.717) is 29.8 Å². The van der Waals surface area contributed by atoms with Gasteiger partial charge in [-0.1, -0.05) is 39.0 Å². The van der Waals surface area contributed by atoms with Gasteiger partial charge in [-0.05, 0) is 36.0 Å². The molecule has 1 aromatic rings. The zero-order valence-electron chi connectivity index (χ0n) is 19.4. The smallest absolute Gasteiger partial charge is 0.246 e. The fourth-order valence-electron chi connectivity index (χ4n) is 4.24. The van der Waals surface area contributed by atoms with Gasteiger partial charge >= 0.3 is 0 Å². The third kappa shape index (κ3) is 5.21. The molecule has 0 aromatic heterocycles. The van der Waals surface area contributed by atoms with Crippen LogP contribution in [0.15, 0.2) is 24.8 Å². The van der Waals surface area contributed by atoms with E-state index in [2.05, 4.69) is 23.7 Å². The van der Waals surface area contributed by atoms with Crippen LogP contribution in [0.25, 0.3) is 0 Å². The summed E-state index contributed by atoms with van der Waals surface area (Å²) in [5.74, 6) is 0.0601. The van der Waals surface area contributed by atoms with E-state index < -0.39 is 0 Å². The lowest BCUT2D eigenvalue weighted by molar-refractivity contribution is -0.135. The number of nitrogens with zero attached hydrogens (tertiary/aromatic N) is 3. The predicted molar refractivity (Wildman–Crippen MR) is 128 cm³/mol. The molecule has 2 heterocycles. The van der Waals surface area contributed by atoms with Gasteiger partial charge in [0.25, 0.3) is 0 Å². The number of phenolic OH excluding ortho intramolecular Hbond substituents is 1. The third-order valence-corrected chi connectivity index (χ3v) is 7.01. The number of benzene rings is 1. The number of nitrogens with one attached hydrogen (secondary N) is 1. The second-order valence-corrected chi connectivity index (χ2v) is 9.19. The van der Waals surface area contributed by atoms with Crippen molar-refractivity contribution in [2.75, 3.05) is 51.1 Å². The van der Waals surface area contributed by atoms with E-state index in [-0.39, 0.29) is 29.5 Å². The Labute approximate surface area is 196 Å². The van der Waals surface area contributed by atoms with Crippen molar-refractivity contribution in [2.45, 2.75) is 45.1 Å². The minimum atomic E-state index is -0.0181. The van der Waals surface area contributed by atoms with E-state index in [1.54, 1.807) is 11.0 Å². The highest BCUT2D eigenvalue weighted by Crippen LogP contribution is 2.51. The number of amides is 2. The number of halogens is 1. The first-order valence-corrected chi connectivity index (χ1v) is 11.9. The van der Waals surface area contributed by atoms with E-state index in [9.17, 15) is 14.7 Å². The zero-order valence-corrected chi connectivity index (χ0v) is 20.1. The van der Waals surface area contributed by atoms with Crippen LogP contribution >= 0.6 is 11.6 Å². The van der Waals surface area contributed by atoms with E-state index in [1.807, 2.05) is 24.8 Å². The summed E-state index contributed by atoms with van der Waals surface area (Å²) in [4.78, 5) is 30.2. The van der Waals surface area contributed by atoms with Crippen LogP contribution in [0.1, 0.15) is 39.2 Å². The fraction of sp³-hybridized carbons (Fsp3) is 0.583. The summed E-state index contributed by atoms with van der Waals surface area (Å²) in [6.45, 7) is 14.2. The van der Waals surface area contributed by atoms with Gasteiger partial charge in [0.1, 0.15) is 5.75 Å². The first-order valence-electron chi connectivity index (χ1n) is 11.5. The number of aromatic hydroxyl groups is 1. The minimum Gasteiger partial charge on any atom is -0.506 e. The molecular formula is C24H35ClN4O3. The average Bonchev–Trinajstić information content (AvgIpc) is 3.51. The number of phenols is 1. The molecule has 1 aliphatic carbocycles. The van der Waals surface area contributed by atoms with Gasteiger partial charge in [-0.25, -0.2) is 0 Å².